The number of ether oxygens (including phenoxy) is 1. The number of nitrogens with zero attached hydrogens (tertiary/aromatic N) is 2. The van der Waals surface area contributed by atoms with Gasteiger partial charge in [-0.1, -0.05) is 54.6 Å². The Kier molecular flexibility index (Phi) is 5.53. The van der Waals surface area contributed by atoms with Gasteiger partial charge in [-0.3, -0.25) is 9.80 Å². The molecule has 152 valence electrons. The maximum atomic E-state index is 12.7. The van der Waals surface area contributed by atoms with Crippen molar-refractivity contribution >= 4 is 22.9 Å². The van der Waals surface area contributed by atoms with Crippen LogP contribution in [-0.4, -0.2) is 25.7 Å². The van der Waals surface area contributed by atoms with Gasteiger partial charge in [-0.2, -0.15) is 5.10 Å². The van der Waals surface area contributed by atoms with E-state index in [4.69, 9.17) is 9.84 Å². The van der Waals surface area contributed by atoms with Gasteiger partial charge in [0.1, 0.15) is 11.5 Å². The molecule has 0 radical (unpaired) electrons. The number of methoxy groups -OCH3 is 1. The molecule has 2 atom stereocenters. The number of rotatable bonds is 6. The summed E-state index contributed by atoms with van der Waals surface area (Å²) in [5, 5.41) is 10.1. The number of carbonyl (C=O) groups excluding carboxylic acids is 1. The molecule has 0 saturated heterocycles. The Morgan fingerprint density at radius 1 is 0.967 bits per heavy atom. The van der Waals surface area contributed by atoms with E-state index in [2.05, 4.69) is 17.4 Å². The second kappa shape index (κ2) is 8.41. The molecule has 0 bridgehead atoms. The fourth-order valence-electron chi connectivity index (χ4n) is 4.07. The fraction of sp³-hybridized carbons (Fsp3) is 0.200. The van der Waals surface area contributed by atoms with Gasteiger partial charge in [0.05, 0.1) is 30.4 Å². The van der Waals surface area contributed by atoms with Crippen LogP contribution in [0.3, 0.4) is 0 Å². The van der Waals surface area contributed by atoms with Crippen LogP contribution in [0.2, 0.25) is 0 Å². The molecule has 30 heavy (non-hydrogen) atoms. The van der Waals surface area contributed by atoms with Crippen LogP contribution in [0.1, 0.15) is 30.0 Å². The lowest BCUT2D eigenvalue weighted by atomic mass is 9.83. The molecule has 0 aliphatic carbocycles. The van der Waals surface area contributed by atoms with E-state index in [1.165, 1.54) is 0 Å². The minimum absolute atomic E-state index is 0.0341. The van der Waals surface area contributed by atoms with Crippen LogP contribution in [0, 0.1) is 0 Å². The number of Topliss-reactive ketones (excluding diaryl/α,β-unsaturated/α-hetero) is 1. The second-order valence-corrected chi connectivity index (χ2v) is 7.26. The Bertz CT molecular complexity index is 1080. The third-order valence-corrected chi connectivity index (χ3v) is 5.46. The topological polar surface area (TPSA) is 53.9 Å². The first-order valence-corrected chi connectivity index (χ1v) is 9.98. The number of hydrazone groups is 1. The van der Waals surface area contributed by atoms with Crippen molar-refractivity contribution in [2.24, 2.45) is 5.10 Å². The molecule has 3 aromatic carbocycles. The Balaban J connectivity index is 1.93. The molecular formula is C25H25N3O2. The number of hydrogen-bond donors (Lipinski definition) is 1. The van der Waals surface area contributed by atoms with Crippen molar-refractivity contribution in [3.63, 3.8) is 0 Å². The summed E-state index contributed by atoms with van der Waals surface area (Å²) in [6, 6.07) is 26.0. The predicted molar refractivity (Wildman–Crippen MR) is 122 cm³/mol. The standard InChI is InChI=1S/C25H25N3O2/c1-17(29)24-23(19-12-9-13-20(16-19)30-3)25(18-10-5-4-6-11-18)28(27-24)22-15-8-7-14-21(22)26-2/h4-16,23,25-26H,1-3H3. The number of nitrogens with one attached hydrogen (secondary N) is 1. The lowest BCUT2D eigenvalue weighted by molar-refractivity contribution is -0.111. The van der Waals surface area contributed by atoms with Gasteiger partial charge in [0.15, 0.2) is 5.78 Å². The normalized spacial score (nSPS) is 18.1. The summed E-state index contributed by atoms with van der Waals surface area (Å²) in [6.45, 7) is 1.58. The lowest BCUT2D eigenvalue weighted by Gasteiger charge is -2.30. The maximum absolute atomic E-state index is 12.7. The fourth-order valence-corrected chi connectivity index (χ4v) is 4.07. The molecule has 1 aliphatic heterocycles. The highest BCUT2D eigenvalue weighted by Gasteiger charge is 2.42. The van der Waals surface area contributed by atoms with E-state index < -0.39 is 0 Å². The van der Waals surface area contributed by atoms with Crippen LogP contribution in [0.15, 0.2) is 84.0 Å². The quantitative estimate of drug-likeness (QED) is 0.632. The highest BCUT2D eigenvalue weighted by atomic mass is 16.5. The van der Waals surface area contributed by atoms with Crippen LogP contribution >= 0.6 is 0 Å². The Labute approximate surface area is 177 Å². The molecule has 0 aromatic heterocycles. The smallest absolute Gasteiger partial charge is 0.176 e. The summed E-state index contributed by atoms with van der Waals surface area (Å²) in [4.78, 5) is 12.7. The van der Waals surface area contributed by atoms with Crippen molar-refractivity contribution < 1.29 is 9.53 Å². The average Bonchev–Trinajstić information content (AvgIpc) is 3.20. The van der Waals surface area contributed by atoms with Gasteiger partial charge in [0.25, 0.3) is 0 Å². The average molecular weight is 399 g/mol. The number of carbonyl (C=O) groups is 1. The maximum Gasteiger partial charge on any atom is 0.176 e. The van der Waals surface area contributed by atoms with E-state index in [1.807, 2.05) is 78.8 Å². The number of para-hydroxylation sites is 2. The first-order valence-electron chi connectivity index (χ1n) is 9.98. The van der Waals surface area contributed by atoms with Gasteiger partial charge in [0.2, 0.25) is 0 Å². The van der Waals surface area contributed by atoms with Crippen molar-refractivity contribution in [3.05, 3.63) is 90.0 Å². The van der Waals surface area contributed by atoms with E-state index in [0.29, 0.717) is 5.71 Å². The molecule has 0 amide bonds. The summed E-state index contributed by atoms with van der Waals surface area (Å²) in [6.07, 6.45) is 0. The van der Waals surface area contributed by atoms with Crippen molar-refractivity contribution in [2.45, 2.75) is 18.9 Å². The minimum Gasteiger partial charge on any atom is -0.497 e. The number of ketones is 1. The zero-order valence-electron chi connectivity index (χ0n) is 17.4. The van der Waals surface area contributed by atoms with Crippen LogP contribution in [0.4, 0.5) is 11.4 Å². The van der Waals surface area contributed by atoms with Crippen molar-refractivity contribution in [2.75, 3.05) is 24.5 Å². The predicted octanol–water partition coefficient (Wildman–Crippen LogP) is 5.03. The molecule has 2 unspecified atom stereocenters. The zero-order valence-corrected chi connectivity index (χ0v) is 17.4. The zero-order chi connectivity index (χ0) is 21.1. The summed E-state index contributed by atoms with van der Waals surface area (Å²) in [5.74, 6) is 0.509. The molecule has 5 heteroatoms. The third-order valence-electron chi connectivity index (χ3n) is 5.46. The molecule has 1 aliphatic rings. The molecule has 0 saturated carbocycles. The Morgan fingerprint density at radius 2 is 1.67 bits per heavy atom. The van der Waals surface area contributed by atoms with E-state index in [9.17, 15) is 4.79 Å². The van der Waals surface area contributed by atoms with Gasteiger partial charge in [0, 0.05) is 14.0 Å². The summed E-state index contributed by atoms with van der Waals surface area (Å²) in [7, 11) is 3.54. The molecular weight excluding hydrogens is 374 g/mol. The van der Waals surface area contributed by atoms with E-state index in [0.717, 1.165) is 28.3 Å². The highest BCUT2D eigenvalue weighted by Crippen LogP contribution is 2.46. The Morgan fingerprint density at radius 3 is 2.37 bits per heavy atom. The number of anilines is 2. The summed E-state index contributed by atoms with van der Waals surface area (Å²) in [5.41, 5.74) is 4.52. The van der Waals surface area contributed by atoms with Crippen molar-refractivity contribution in [1.82, 2.24) is 0 Å². The number of benzene rings is 3. The summed E-state index contributed by atoms with van der Waals surface area (Å²) >= 11 is 0. The largest absolute Gasteiger partial charge is 0.497 e. The summed E-state index contributed by atoms with van der Waals surface area (Å²) < 4.78 is 5.45. The molecule has 0 fully saturated rings. The Hall–Kier alpha value is -3.60. The number of hydrogen-bond acceptors (Lipinski definition) is 5. The monoisotopic (exact) mass is 399 g/mol. The van der Waals surface area contributed by atoms with Gasteiger partial charge < -0.3 is 10.1 Å². The second-order valence-electron chi connectivity index (χ2n) is 7.26. The van der Waals surface area contributed by atoms with Crippen molar-refractivity contribution in [1.29, 1.82) is 0 Å². The molecule has 5 nitrogen and oxygen atoms in total. The molecule has 1 heterocycles. The van der Waals surface area contributed by atoms with Crippen molar-refractivity contribution in [3.8, 4) is 5.75 Å². The van der Waals surface area contributed by atoms with Crippen LogP contribution < -0.4 is 15.1 Å². The lowest BCUT2D eigenvalue weighted by Crippen LogP contribution is -2.26. The van der Waals surface area contributed by atoms with Gasteiger partial charge in [-0.25, -0.2) is 0 Å². The van der Waals surface area contributed by atoms with Gasteiger partial charge in [-0.15, -0.1) is 0 Å². The van der Waals surface area contributed by atoms with Crippen LogP contribution in [-0.2, 0) is 4.79 Å². The van der Waals surface area contributed by atoms with E-state index in [1.54, 1.807) is 14.0 Å². The first kappa shape index (κ1) is 19.7. The van der Waals surface area contributed by atoms with Gasteiger partial charge in [-0.05, 0) is 35.4 Å². The van der Waals surface area contributed by atoms with Crippen LogP contribution in [0.5, 0.6) is 5.75 Å². The van der Waals surface area contributed by atoms with Gasteiger partial charge >= 0.3 is 0 Å². The SMILES string of the molecule is CNc1ccccc1N1N=C(C(C)=O)C(c2cccc(OC)c2)C1c1ccccc1. The minimum atomic E-state index is -0.218. The molecule has 0 spiro atoms. The highest BCUT2D eigenvalue weighted by molar-refractivity contribution is 6.42. The first-order chi connectivity index (χ1) is 14.6. The molecule has 4 rings (SSSR count). The van der Waals surface area contributed by atoms with E-state index >= 15 is 0 Å². The van der Waals surface area contributed by atoms with E-state index in [-0.39, 0.29) is 17.7 Å². The molecule has 1 N–H and O–H groups in total. The van der Waals surface area contributed by atoms with Crippen LogP contribution in [0.25, 0.3) is 0 Å². The third kappa shape index (κ3) is 3.54. The molecule has 3 aromatic rings.